The third kappa shape index (κ3) is 4.66. The molecule has 1 aromatic carbocycles. The van der Waals surface area contributed by atoms with Gasteiger partial charge in [-0.3, -0.25) is 9.59 Å². The number of benzene rings is 1. The predicted octanol–water partition coefficient (Wildman–Crippen LogP) is -0.333. The van der Waals surface area contributed by atoms with E-state index in [0.29, 0.717) is 5.75 Å². The average molecular weight is 208 g/mol. The zero-order valence-corrected chi connectivity index (χ0v) is 8.10. The van der Waals surface area contributed by atoms with Crippen LogP contribution in [0.1, 0.15) is 0 Å². The number of nitrogens with one attached hydrogen (secondary N) is 1. The second-order valence-corrected chi connectivity index (χ2v) is 2.84. The maximum atomic E-state index is 11.1. The standard InChI is InChI=1S/C10H12N2O3/c11-9(13)6-12-10(14)7-15-8-4-2-1-3-5-8/h1-5H,6-7H2,(H2,11,13)(H,12,14). The van der Waals surface area contributed by atoms with Crippen LogP contribution in [0.25, 0.3) is 0 Å². The molecule has 2 amide bonds. The third-order valence-corrected chi connectivity index (χ3v) is 1.57. The molecular formula is C10H12N2O3. The highest BCUT2D eigenvalue weighted by Crippen LogP contribution is 2.07. The van der Waals surface area contributed by atoms with Crippen molar-refractivity contribution in [3.05, 3.63) is 30.3 Å². The van der Waals surface area contributed by atoms with E-state index in [0.717, 1.165) is 0 Å². The number of ether oxygens (including phenoxy) is 1. The van der Waals surface area contributed by atoms with Gasteiger partial charge in [0, 0.05) is 0 Å². The van der Waals surface area contributed by atoms with Crippen LogP contribution >= 0.6 is 0 Å². The maximum absolute atomic E-state index is 11.1. The minimum Gasteiger partial charge on any atom is -0.484 e. The summed E-state index contributed by atoms with van der Waals surface area (Å²) in [5, 5.41) is 2.31. The Bertz CT molecular complexity index is 338. The van der Waals surface area contributed by atoms with Crippen LogP contribution in [0, 0.1) is 0 Å². The topological polar surface area (TPSA) is 81.4 Å². The van der Waals surface area contributed by atoms with Crippen LogP contribution in [0.5, 0.6) is 5.75 Å². The van der Waals surface area contributed by atoms with Gasteiger partial charge in [-0.2, -0.15) is 0 Å². The minimum atomic E-state index is -0.580. The summed E-state index contributed by atoms with van der Waals surface area (Å²) in [5.41, 5.74) is 4.85. The molecule has 1 aromatic rings. The Morgan fingerprint density at radius 1 is 1.27 bits per heavy atom. The van der Waals surface area contributed by atoms with Crippen molar-refractivity contribution in [2.75, 3.05) is 13.2 Å². The summed E-state index contributed by atoms with van der Waals surface area (Å²) in [6, 6.07) is 8.93. The van der Waals surface area contributed by atoms with Gasteiger partial charge in [-0.15, -0.1) is 0 Å². The number of para-hydroxylation sites is 1. The predicted molar refractivity (Wildman–Crippen MR) is 54.1 cm³/mol. The van der Waals surface area contributed by atoms with Crippen molar-refractivity contribution >= 4 is 11.8 Å². The van der Waals surface area contributed by atoms with Crippen LogP contribution in [0.15, 0.2) is 30.3 Å². The zero-order valence-electron chi connectivity index (χ0n) is 8.10. The van der Waals surface area contributed by atoms with Gasteiger partial charge in [0.05, 0.1) is 6.54 Å². The van der Waals surface area contributed by atoms with E-state index >= 15 is 0 Å². The molecule has 0 unspecified atom stereocenters. The summed E-state index contributed by atoms with van der Waals surface area (Å²) >= 11 is 0. The fourth-order valence-electron chi connectivity index (χ4n) is 0.902. The summed E-state index contributed by atoms with van der Waals surface area (Å²) in [6.45, 7) is -0.297. The highest BCUT2D eigenvalue weighted by Gasteiger charge is 2.03. The molecule has 3 N–H and O–H groups in total. The van der Waals surface area contributed by atoms with E-state index in [2.05, 4.69) is 5.32 Å². The fraction of sp³-hybridized carbons (Fsp3) is 0.200. The van der Waals surface area contributed by atoms with Gasteiger partial charge < -0.3 is 15.8 Å². The van der Waals surface area contributed by atoms with Crippen LogP contribution in [-0.2, 0) is 9.59 Å². The number of hydrogen-bond acceptors (Lipinski definition) is 3. The third-order valence-electron chi connectivity index (χ3n) is 1.57. The summed E-state index contributed by atoms with van der Waals surface area (Å²) in [4.78, 5) is 21.4. The van der Waals surface area contributed by atoms with Crippen molar-refractivity contribution in [1.82, 2.24) is 5.32 Å². The Labute approximate surface area is 87.2 Å². The Morgan fingerprint density at radius 3 is 2.53 bits per heavy atom. The molecule has 0 heterocycles. The molecule has 5 heteroatoms. The van der Waals surface area contributed by atoms with Crippen LogP contribution in [0.3, 0.4) is 0 Å². The molecule has 0 aromatic heterocycles. The molecule has 0 spiro atoms. The SMILES string of the molecule is NC(=O)CNC(=O)COc1ccccc1. The first-order valence-electron chi connectivity index (χ1n) is 4.41. The van der Waals surface area contributed by atoms with Crippen LogP contribution < -0.4 is 15.8 Å². The quantitative estimate of drug-likeness (QED) is 0.695. The number of nitrogens with two attached hydrogens (primary N) is 1. The van der Waals surface area contributed by atoms with Gasteiger partial charge in [-0.1, -0.05) is 18.2 Å². The highest BCUT2D eigenvalue weighted by atomic mass is 16.5. The number of hydrogen-bond donors (Lipinski definition) is 2. The largest absolute Gasteiger partial charge is 0.484 e. The van der Waals surface area contributed by atoms with Crippen molar-refractivity contribution in [3.8, 4) is 5.75 Å². The molecule has 0 aliphatic heterocycles. The highest BCUT2D eigenvalue weighted by molar-refractivity contribution is 5.84. The lowest BCUT2D eigenvalue weighted by atomic mass is 10.3. The molecule has 0 aliphatic rings. The van der Waals surface area contributed by atoms with Crippen LogP contribution in [0.4, 0.5) is 0 Å². The van der Waals surface area contributed by atoms with Gasteiger partial charge in [-0.25, -0.2) is 0 Å². The Kier molecular flexibility index (Phi) is 4.15. The van der Waals surface area contributed by atoms with Crippen molar-refractivity contribution < 1.29 is 14.3 Å². The molecule has 0 saturated carbocycles. The van der Waals surface area contributed by atoms with Crippen molar-refractivity contribution in [2.24, 2.45) is 5.73 Å². The Balaban J connectivity index is 2.26. The number of rotatable bonds is 5. The number of primary amides is 1. The smallest absolute Gasteiger partial charge is 0.258 e. The normalized spacial score (nSPS) is 9.33. The van der Waals surface area contributed by atoms with Crippen molar-refractivity contribution in [3.63, 3.8) is 0 Å². The first-order valence-corrected chi connectivity index (χ1v) is 4.41. The van der Waals surface area contributed by atoms with E-state index in [-0.39, 0.29) is 19.1 Å². The van der Waals surface area contributed by atoms with E-state index in [1.54, 1.807) is 24.3 Å². The molecule has 5 nitrogen and oxygen atoms in total. The zero-order chi connectivity index (χ0) is 11.1. The van der Waals surface area contributed by atoms with E-state index in [1.165, 1.54) is 0 Å². The number of carbonyl (C=O) groups excluding carboxylic acids is 2. The van der Waals surface area contributed by atoms with Gasteiger partial charge in [0.15, 0.2) is 6.61 Å². The molecule has 0 bridgehead atoms. The van der Waals surface area contributed by atoms with Gasteiger partial charge in [0.25, 0.3) is 5.91 Å². The molecule has 0 fully saturated rings. The van der Waals surface area contributed by atoms with Crippen molar-refractivity contribution in [2.45, 2.75) is 0 Å². The number of amides is 2. The number of carbonyl (C=O) groups is 2. The van der Waals surface area contributed by atoms with Gasteiger partial charge in [0.2, 0.25) is 5.91 Å². The lowest BCUT2D eigenvalue weighted by Gasteiger charge is -2.05. The van der Waals surface area contributed by atoms with E-state index in [4.69, 9.17) is 10.5 Å². The van der Waals surface area contributed by atoms with Gasteiger partial charge in [-0.05, 0) is 12.1 Å². The second kappa shape index (κ2) is 5.64. The van der Waals surface area contributed by atoms with Crippen LogP contribution in [0.2, 0.25) is 0 Å². The minimum absolute atomic E-state index is 0.128. The van der Waals surface area contributed by atoms with Gasteiger partial charge >= 0.3 is 0 Å². The second-order valence-electron chi connectivity index (χ2n) is 2.84. The Hall–Kier alpha value is -2.04. The molecule has 0 atom stereocenters. The lowest BCUT2D eigenvalue weighted by molar-refractivity contribution is -0.126. The van der Waals surface area contributed by atoms with Gasteiger partial charge in [0.1, 0.15) is 5.75 Å². The fourth-order valence-corrected chi connectivity index (χ4v) is 0.902. The first-order chi connectivity index (χ1) is 7.18. The molecular weight excluding hydrogens is 196 g/mol. The van der Waals surface area contributed by atoms with Crippen molar-refractivity contribution in [1.29, 1.82) is 0 Å². The van der Waals surface area contributed by atoms with E-state index in [9.17, 15) is 9.59 Å². The van der Waals surface area contributed by atoms with E-state index in [1.807, 2.05) is 6.07 Å². The first kappa shape index (κ1) is 11.0. The molecule has 15 heavy (non-hydrogen) atoms. The molecule has 0 aliphatic carbocycles. The monoisotopic (exact) mass is 208 g/mol. The summed E-state index contributed by atoms with van der Waals surface area (Å²) in [7, 11) is 0. The molecule has 0 radical (unpaired) electrons. The molecule has 0 saturated heterocycles. The Morgan fingerprint density at radius 2 is 1.93 bits per heavy atom. The molecule has 80 valence electrons. The summed E-state index contributed by atoms with van der Waals surface area (Å²) < 4.78 is 5.14. The average Bonchev–Trinajstić information content (AvgIpc) is 2.25. The summed E-state index contributed by atoms with van der Waals surface area (Å²) in [5.74, 6) is -0.354. The lowest BCUT2D eigenvalue weighted by Crippen LogP contribution is -2.36. The van der Waals surface area contributed by atoms with E-state index < -0.39 is 5.91 Å². The summed E-state index contributed by atoms with van der Waals surface area (Å²) in [6.07, 6.45) is 0. The maximum Gasteiger partial charge on any atom is 0.258 e. The molecule has 1 rings (SSSR count). The van der Waals surface area contributed by atoms with Crippen LogP contribution in [-0.4, -0.2) is 25.0 Å².